The molecule has 1 heterocycles. The van der Waals surface area contributed by atoms with Crippen LogP contribution in [0.5, 0.6) is 0 Å². The van der Waals surface area contributed by atoms with Crippen LogP contribution >= 0.6 is 0 Å². The fraction of sp³-hybridized carbons (Fsp3) is 0.0769. The zero-order valence-corrected chi connectivity index (χ0v) is 10.6. The summed E-state index contributed by atoms with van der Waals surface area (Å²) in [5.41, 5.74) is -0.470. The zero-order valence-electron chi connectivity index (χ0n) is 10.6. The van der Waals surface area contributed by atoms with Crippen LogP contribution in [0.3, 0.4) is 0 Å². The Morgan fingerprint density at radius 2 is 1.62 bits per heavy atom. The number of carboxylic acid groups (broad SMARTS) is 2. The number of carbonyl (C=O) groups is 2. The average molecular weight is 290 g/mol. The zero-order chi connectivity index (χ0) is 15.6. The molecule has 0 bridgehead atoms. The van der Waals surface area contributed by atoms with Crippen molar-refractivity contribution in [1.82, 2.24) is 0 Å². The van der Waals surface area contributed by atoms with E-state index in [0.29, 0.717) is 0 Å². The van der Waals surface area contributed by atoms with E-state index in [9.17, 15) is 19.7 Å². The van der Waals surface area contributed by atoms with Crippen LogP contribution in [-0.2, 0) is 9.59 Å². The number of nitro groups is 1. The molecule has 0 fully saturated rings. The van der Waals surface area contributed by atoms with Crippen molar-refractivity contribution in [2.24, 2.45) is 0 Å². The predicted octanol–water partition coefficient (Wildman–Crippen LogP) is 1.74. The second kappa shape index (κ2) is 5.45. The summed E-state index contributed by atoms with van der Waals surface area (Å²) in [4.78, 5) is 33.7. The molecule has 8 heteroatoms. The van der Waals surface area contributed by atoms with Crippen LogP contribution < -0.4 is 4.90 Å². The molecule has 0 saturated carbocycles. The van der Waals surface area contributed by atoms with Gasteiger partial charge in [-0.05, 0) is 6.07 Å². The van der Waals surface area contributed by atoms with Crippen molar-refractivity contribution in [2.45, 2.75) is 6.42 Å². The molecular formula is C13H10N2O6. The quantitative estimate of drug-likeness (QED) is 0.639. The summed E-state index contributed by atoms with van der Waals surface area (Å²) in [5.74, 6) is -2.55. The van der Waals surface area contributed by atoms with E-state index in [-0.39, 0.29) is 28.9 Å². The van der Waals surface area contributed by atoms with Gasteiger partial charge in [0.25, 0.3) is 5.69 Å². The topological polar surface area (TPSA) is 121 Å². The smallest absolute Gasteiger partial charge is 0.333 e. The van der Waals surface area contributed by atoms with Crippen molar-refractivity contribution >= 4 is 23.3 Å². The minimum Gasteiger partial charge on any atom is -0.478 e. The van der Waals surface area contributed by atoms with Crippen LogP contribution in [0.2, 0.25) is 0 Å². The fourth-order valence-corrected chi connectivity index (χ4v) is 1.91. The first-order valence-corrected chi connectivity index (χ1v) is 5.80. The summed E-state index contributed by atoms with van der Waals surface area (Å²) in [5, 5.41) is 29.1. The van der Waals surface area contributed by atoms with Gasteiger partial charge in [0, 0.05) is 24.9 Å². The van der Waals surface area contributed by atoms with Crippen molar-refractivity contribution in [3.63, 3.8) is 0 Å². The summed E-state index contributed by atoms with van der Waals surface area (Å²) in [6, 6.07) is 5.68. The Morgan fingerprint density at radius 1 is 1.10 bits per heavy atom. The molecule has 1 aromatic carbocycles. The second-order valence-electron chi connectivity index (χ2n) is 4.25. The Labute approximate surface area is 118 Å². The third-order valence-electron chi connectivity index (χ3n) is 2.88. The van der Waals surface area contributed by atoms with E-state index >= 15 is 0 Å². The highest BCUT2D eigenvalue weighted by Crippen LogP contribution is 2.32. The predicted molar refractivity (Wildman–Crippen MR) is 71.6 cm³/mol. The molecule has 2 rings (SSSR count). The van der Waals surface area contributed by atoms with Gasteiger partial charge in [-0.3, -0.25) is 10.1 Å². The maximum absolute atomic E-state index is 11.1. The minimum absolute atomic E-state index is 0.0969. The van der Waals surface area contributed by atoms with E-state index < -0.39 is 16.9 Å². The van der Waals surface area contributed by atoms with Gasteiger partial charge < -0.3 is 15.1 Å². The first-order chi connectivity index (χ1) is 9.90. The Bertz CT molecular complexity index is 662. The van der Waals surface area contributed by atoms with Crippen LogP contribution in [0, 0.1) is 10.1 Å². The van der Waals surface area contributed by atoms with Crippen LogP contribution in [0.4, 0.5) is 11.4 Å². The highest BCUT2D eigenvalue weighted by atomic mass is 16.6. The van der Waals surface area contributed by atoms with Crippen LogP contribution in [0.15, 0.2) is 47.8 Å². The number of hydrogen-bond donors (Lipinski definition) is 2. The summed E-state index contributed by atoms with van der Waals surface area (Å²) >= 11 is 0. The number of nitrogens with zero attached hydrogens (tertiary/aromatic N) is 2. The average Bonchev–Trinajstić information content (AvgIpc) is 2.46. The van der Waals surface area contributed by atoms with Crippen molar-refractivity contribution in [2.75, 3.05) is 4.90 Å². The monoisotopic (exact) mass is 290 g/mol. The molecule has 1 aliphatic heterocycles. The maximum atomic E-state index is 11.1. The van der Waals surface area contributed by atoms with Crippen LogP contribution in [-0.4, -0.2) is 27.1 Å². The largest absolute Gasteiger partial charge is 0.478 e. The van der Waals surface area contributed by atoms with Gasteiger partial charge in [-0.2, -0.15) is 0 Å². The van der Waals surface area contributed by atoms with E-state index in [1.54, 1.807) is 6.07 Å². The number of anilines is 1. The standard InChI is InChI=1S/C13H10N2O6/c16-12(17)8-5-9(13(18)19)7-14(6-8)10-3-1-2-4-11(10)15(20)21/h1-4,6-7H,5H2,(H,16,17)(H,18,19). The number of rotatable bonds is 4. The van der Waals surface area contributed by atoms with Gasteiger partial charge in [-0.1, -0.05) is 12.1 Å². The van der Waals surface area contributed by atoms with E-state index in [1.807, 2.05) is 0 Å². The lowest BCUT2D eigenvalue weighted by molar-refractivity contribution is -0.384. The molecule has 0 unspecified atom stereocenters. The molecule has 0 amide bonds. The van der Waals surface area contributed by atoms with Gasteiger partial charge in [-0.15, -0.1) is 0 Å². The number of nitro benzene ring substituents is 1. The second-order valence-corrected chi connectivity index (χ2v) is 4.25. The van der Waals surface area contributed by atoms with E-state index in [4.69, 9.17) is 10.2 Å². The SMILES string of the molecule is O=C(O)C1=CN(c2ccccc2[N+](=O)[O-])C=C(C(=O)O)C1. The Balaban J connectivity index is 2.55. The van der Waals surface area contributed by atoms with Gasteiger partial charge >= 0.3 is 11.9 Å². The minimum atomic E-state index is -1.27. The van der Waals surface area contributed by atoms with Crippen molar-refractivity contribution in [3.8, 4) is 0 Å². The maximum Gasteiger partial charge on any atom is 0.333 e. The third-order valence-corrected chi connectivity index (χ3v) is 2.88. The molecule has 8 nitrogen and oxygen atoms in total. The molecule has 0 saturated heterocycles. The van der Waals surface area contributed by atoms with Gasteiger partial charge in [-0.25, -0.2) is 9.59 Å². The number of para-hydroxylation sites is 2. The molecular weight excluding hydrogens is 280 g/mol. The molecule has 1 aromatic rings. The Hall–Kier alpha value is -3.16. The lowest BCUT2D eigenvalue weighted by Gasteiger charge is -2.22. The number of carboxylic acids is 2. The van der Waals surface area contributed by atoms with Gasteiger partial charge in [0.15, 0.2) is 0 Å². The summed E-state index contributed by atoms with van der Waals surface area (Å²) in [6.45, 7) is 0. The molecule has 0 aliphatic carbocycles. The first kappa shape index (κ1) is 14.3. The molecule has 0 aromatic heterocycles. The normalized spacial score (nSPS) is 14.2. The van der Waals surface area contributed by atoms with Gasteiger partial charge in [0.2, 0.25) is 0 Å². The van der Waals surface area contributed by atoms with Crippen molar-refractivity contribution < 1.29 is 24.7 Å². The Morgan fingerprint density at radius 3 is 2.10 bits per heavy atom. The summed E-state index contributed by atoms with van der Waals surface area (Å²) in [7, 11) is 0. The van der Waals surface area contributed by atoms with E-state index in [1.165, 1.54) is 30.6 Å². The van der Waals surface area contributed by atoms with Crippen LogP contribution in [0.1, 0.15) is 6.42 Å². The van der Waals surface area contributed by atoms with Gasteiger partial charge in [0.05, 0.1) is 16.1 Å². The molecule has 2 N–H and O–H groups in total. The third kappa shape index (κ3) is 2.89. The fourth-order valence-electron chi connectivity index (χ4n) is 1.91. The Kier molecular flexibility index (Phi) is 3.70. The molecule has 108 valence electrons. The summed E-state index contributed by atoms with van der Waals surface area (Å²) in [6.07, 6.45) is 2.11. The molecule has 1 aliphatic rings. The number of aliphatic carboxylic acids is 2. The number of benzene rings is 1. The number of hydrogen-bond acceptors (Lipinski definition) is 5. The highest BCUT2D eigenvalue weighted by molar-refractivity contribution is 5.95. The highest BCUT2D eigenvalue weighted by Gasteiger charge is 2.25. The lowest BCUT2D eigenvalue weighted by Crippen LogP contribution is -2.21. The van der Waals surface area contributed by atoms with E-state index in [2.05, 4.69) is 0 Å². The van der Waals surface area contributed by atoms with E-state index in [0.717, 1.165) is 4.90 Å². The van der Waals surface area contributed by atoms with Crippen LogP contribution in [0.25, 0.3) is 0 Å². The molecule has 21 heavy (non-hydrogen) atoms. The molecule has 0 spiro atoms. The first-order valence-electron chi connectivity index (χ1n) is 5.80. The molecule has 0 atom stereocenters. The van der Waals surface area contributed by atoms with Gasteiger partial charge in [0.1, 0.15) is 5.69 Å². The van der Waals surface area contributed by atoms with Crippen molar-refractivity contribution in [3.05, 3.63) is 57.9 Å². The lowest BCUT2D eigenvalue weighted by atomic mass is 10.0. The van der Waals surface area contributed by atoms with Crippen molar-refractivity contribution in [1.29, 1.82) is 0 Å². The molecule has 0 radical (unpaired) electrons. The summed E-state index contributed by atoms with van der Waals surface area (Å²) < 4.78 is 0.